The second-order valence-electron chi connectivity index (χ2n) is 4.61. The van der Waals surface area contributed by atoms with Crippen LogP contribution in [-0.2, 0) is 13.1 Å². The van der Waals surface area contributed by atoms with Crippen molar-refractivity contribution in [3.63, 3.8) is 0 Å². The van der Waals surface area contributed by atoms with Gasteiger partial charge >= 0.3 is 0 Å². The van der Waals surface area contributed by atoms with E-state index in [0.717, 1.165) is 25.3 Å². The van der Waals surface area contributed by atoms with Crippen LogP contribution in [0.1, 0.15) is 5.56 Å². The predicted molar refractivity (Wildman–Crippen MR) is 77.5 cm³/mol. The van der Waals surface area contributed by atoms with Crippen molar-refractivity contribution >= 4 is 0 Å². The summed E-state index contributed by atoms with van der Waals surface area (Å²) in [6, 6.07) is 10.1. The van der Waals surface area contributed by atoms with Gasteiger partial charge in [0.1, 0.15) is 0 Å². The Balaban J connectivity index is 1.50. The minimum Gasteiger partial charge on any atom is -0.336 e. The Morgan fingerprint density at radius 3 is 2.85 bits per heavy atom. The molecule has 0 saturated heterocycles. The second-order valence-corrected chi connectivity index (χ2v) is 4.61. The lowest BCUT2D eigenvalue weighted by Gasteiger charge is -2.03. The third kappa shape index (κ3) is 3.13. The second kappa shape index (κ2) is 6.16. The van der Waals surface area contributed by atoms with Crippen molar-refractivity contribution in [2.45, 2.75) is 13.1 Å². The van der Waals surface area contributed by atoms with E-state index in [9.17, 15) is 0 Å². The molecule has 1 N–H and O–H groups in total. The summed E-state index contributed by atoms with van der Waals surface area (Å²) in [4.78, 5) is 4.02. The van der Waals surface area contributed by atoms with Gasteiger partial charge in [-0.25, -0.2) is 9.67 Å². The van der Waals surface area contributed by atoms with Crippen molar-refractivity contribution in [2.75, 3.05) is 6.54 Å². The first-order chi connectivity index (χ1) is 9.92. The summed E-state index contributed by atoms with van der Waals surface area (Å²) in [5, 5.41) is 7.78. The first kappa shape index (κ1) is 12.6. The van der Waals surface area contributed by atoms with E-state index in [2.05, 4.69) is 26.2 Å². The zero-order chi connectivity index (χ0) is 13.6. The Morgan fingerprint density at radius 2 is 2.05 bits per heavy atom. The van der Waals surface area contributed by atoms with Gasteiger partial charge in [0, 0.05) is 43.8 Å². The molecular weight excluding hydrogens is 250 g/mol. The minimum absolute atomic E-state index is 0.821. The minimum atomic E-state index is 0.821. The first-order valence-corrected chi connectivity index (χ1v) is 6.67. The number of benzene rings is 1. The molecule has 5 heteroatoms. The van der Waals surface area contributed by atoms with E-state index in [1.807, 2.05) is 53.7 Å². The molecule has 1 aromatic carbocycles. The fourth-order valence-electron chi connectivity index (χ4n) is 2.03. The molecule has 0 aliphatic heterocycles. The molecule has 0 atom stereocenters. The highest BCUT2D eigenvalue weighted by Gasteiger charge is 2.00. The smallest absolute Gasteiger partial charge is 0.0946 e. The van der Waals surface area contributed by atoms with Crippen LogP contribution in [0.4, 0.5) is 0 Å². The Bertz CT molecular complexity index is 627. The number of imidazole rings is 1. The average molecular weight is 267 g/mol. The van der Waals surface area contributed by atoms with Gasteiger partial charge in [-0.15, -0.1) is 0 Å². The number of rotatable bonds is 6. The monoisotopic (exact) mass is 267 g/mol. The molecule has 0 fully saturated rings. The highest BCUT2D eigenvalue weighted by atomic mass is 15.3. The van der Waals surface area contributed by atoms with Crippen molar-refractivity contribution in [1.82, 2.24) is 24.6 Å². The molecule has 0 saturated carbocycles. The summed E-state index contributed by atoms with van der Waals surface area (Å²) in [6.45, 7) is 2.65. The maximum absolute atomic E-state index is 4.38. The summed E-state index contributed by atoms with van der Waals surface area (Å²) < 4.78 is 3.95. The van der Waals surface area contributed by atoms with Crippen LogP contribution >= 0.6 is 0 Å². The van der Waals surface area contributed by atoms with Crippen molar-refractivity contribution in [3.05, 3.63) is 67.0 Å². The lowest BCUT2D eigenvalue weighted by Crippen LogP contribution is -2.18. The van der Waals surface area contributed by atoms with Gasteiger partial charge in [0.2, 0.25) is 0 Å². The van der Waals surface area contributed by atoms with Gasteiger partial charge in [-0.2, -0.15) is 5.10 Å². The van der Waals surface area contributed by atoms with Crippen LogP contribution in [-0.4, -0.2) is 25.9 Å². The molecule has 0 bridgehead atoms. The van der Waals surface area contributed by atoms with Gasteiger partial charge in [0.05, 0.1) is 18.2 Å². The topological polar surface area (TPSA) is 47.7 Å². The number of hydrogen-bond donors (Lipinski definition) is 1. The van der Waals surface area contributed by atoms with Gasteiger partial charge in [-0.05, 0) is 12.1 Å². The van der Waals surface area contributed by atoms with Crippen molar-refractivity contribution < 1.29 is 0 Å². The van der Waals surface area contributed by atoms with Crippen molar-refractivity contribution in [1.29, 1.82) is 0 Å². The molecule has 0 spiro atoms. The number of para-hydroxylation sites is 1. The molecular formula is C15H17N5. The molecule has 5 nitrogen and oxygen atoms in total. The number of hydrogen-bond acceptors (Lipinski definition) is 3. The number of aromatic nitrogens is 4. The molecule has 0 aliphatic carbocycles. The van der Waals surface area contributed by atoms with Gasteiger partial charge < -0.3 is 9.88 Å². The van der Waals surface area contributed by atoms with E-state index in [1.165, 1.54) is 5.56 Å². The van der Waals surface area contributed by atoms with E-state index in [4.69, 9.17) is 0 Å². The fourth-order valence-corrected chi connectivity index (χ4v) is 2.03. The lowest BCUT2D eigenvalue weighted by atomic mass is 10.3. The van der Waals surface area contributed by atoms with Crippen LogP contribution in [0, 0.1) is 0 Å². The van der Waals surface area contributed by atoms with E-state index < -0.39 is 0 Å². The molecule has 0 amide bonds. The zero-order valence-electron chi connectivity index (χ0n) is 11.2. The molecule has 3 rings (SSSR count). The zero-order valence-corrected chi connectivity index (χ0v) is 11.2. The largest absolute Gasteiger partial charge is 0.336 e. The van der Waals surface area contributed by atoms with Gasteiger partial charge in [0.15, 0.2) is 0 Å². The molecule has 102 valence electrons. The fraction of sp³-hybridized carbons (Fsp3) is 0.200. The lowest BCUT2D eigenvalue weighted by molar-refractivity contribution is 0.597. The molecule has 2 aromatic heterocycles. The standard InChI is InChI=1S/C15H17N5/c1-2-4-15(5-3-1)20-12-14(11-18-20)10-16-6-8-19-9-7-17-13-19/h1-5,7,9,11-13,16H,6,8,10H2. The Kier molecular flexibility index (Phi) is 3.89. The highest BCUT2D eigenvalue weighted by molar-refractivity contribution is 5.30. The molecule has 0 radical (unpaired) electrons. The maximum Gasteiger partial charge on any atom is 0.0946 e. The van der Waals surface area contributed by atoms with E-state index in [-0.39, 0.29) is 0 Å². The molecule has 3 aromatic rings. The van der Waals surface area contributed by atoms with Crippen LogP contribution in [0.3, 0.4) is 0 Å². The summed E-state index contributed by atoms with van der Waals surface area (Å²) >= 11 is 0. The Labute approximate surface area is 117 Å². The average Bonchev–Trinajstić information content (AvgIpc) is 3.16. The van der Waals surface area contributed by atoms with E-state index in [1.54, 1.807) is 6.20 Å². The molecule has 0 aliphatic rings. The quantitative estimate of drug-likeness (QED) is 0.693. The summed E-state index contributed by atoms with van der Waals surface area (Å²) in [5.41, 5.74) is 2.26. The number of nitrogens with one attached hydrogen (secondary N) is 1. The molecule has 2 heterocycles. The van der Waals surface area contributed by atoms with Crippen LogP contribution in [0.5, 0.6) is 0 Å². The Morgan fingerprint density at radius 1 is 1.15 bits per heavy atom. The van der Waals surface area contributed by atoms with Crippen LogP contribution in [0.25, 0.3) is 5.69 Å². The van der Waals surface area contributed by atoms with Crippen LogP contribution in [0.2, 0.25) is 0 Å². The van der Waals surface area contributed by atoms with Crippen LogP contribution < -0.4 is 5.32 Å². The Hall–Kier alpha value is -2.40. The summed E-state index contributed by atoms with van der Waals surface area (Å²) in [6.07, 6.45) is 9.55. The van der Waals surface area contributed by atoms with Crippen molar-refractivity contribution in [2.24, 2.45) is 0 Å². The normalized spacial score (nSPS) is 10.8. The van der Waals surface area contributed by atoms with Crippen LogP contribution in [0.15, 0.2) is 61.4 Å². The highest BCUT2D eigenvalue weighted by Crippen LogP contribution is 2.07. The van der Waals surface area contributed by atoms with Gasteiger partial charge in [-0.1, -0.05) is 18.2 Å². The third-order valence-electron chi connectivity index (χ3n) is 3.09. The third-order valence-corrected chi connectivity index (χ3v) is 3.09. The SMILES string of the molecule is c1ccc(-n2cc(CNCCn3ccnc3)cn2)cc1. The van der Waals surface area contributed by atoms with Gasteiger partial charge in [-0.3, -0.25) is 0 Å². The summed E-state index contributed by atoms with van der Waals surface area (Å²) in [7, 11) is 0. The van der Waals surface area contributed by atoms with Crippen molar-refractivity contribution in [3.8, 4) is 5.69 Å². The maximum atomic E-state index is 4.38. The number of nitrogens with zero attached hydrogens (tertiary/aromatic N) is 4. The predicted octanol–water partition coefficient (Wildman–Crippen LogP) is 1.86. The van der Waals surface area contributed by atoms with E-state index in [0.29, 0.717) is 0 Å². The molecule has 0 unspecified atom stereocenters. The molecule has 20 heavy (non-hydrogen) atoms. The first-order valence-electron chi connectivity index (χ1n) is 6.67. The van der Waals surface area contributed by atoms with E-state index >= 15 is 0 Å². The van der Waals surface area contributed by atoms with Gasteiger partial charge in [0.25, 0.3) is 0 Å². The summed E-state index contributed by atoms with van der Waals surface area (Å²) in [5.74, 6) is 0.